The van der Waals surface area contributed by atoms with Crippen LogP contribution in [0.15, 0.2) is 54.7 Å². The molecule has 0 radical (unpaired) electrons. The van der Waals surface area contributed by atoms with E-state index in [1.807, 2.05) is 37.4 Å². The first-order valence-corrected chi connectivity index (χ1v) is 11.0. The van der Waals surface area contributed by atoms with Crippen LogP contribution < -0.4 is 15.5 Å². The summed E-state index contributed by atoms with van der Waals surface area (Å²) in [5.41, 5.74) is 1.61. The van der Waals surface area contributed by atoms with Crippen LogP contribution >= 0.6 is 0 Å². The largest absolute Gasteiger partial charge is 0.354 e. The summed E-state index contributed by atoms with van der Waals surface area (Å²) in [5, 5.41) is 20.6. The van der Waals surface area contributed by atoms with Crippen LogP contribution in [0, 0.1) is 11.6 Å². The minimum atomic E-state index is -0.815. The number of anilines is 2. The van der Waals surface area contributed by atoms with Gasteiger partial charge in [0.15, 0.2) is 5.82 Å². The fraction of sp³-hybridized carbons (Fsp3) is 0.250. The zero-order valence-corrected chi connectivity index (χ0v) is 18.5. The van der Waals surface area contributed by atoms with Gasteiger partial charge in [-0.2, -0.15) is 5.10 Å². The van der Waals surface area contributed by atoms with Crippen molar-refractivity contribution in [2.24, 2.45) is 7.05 Å². The topological polar surface area (TPSA) is 88.0 Å². The molecule has 0 aliphatic carbocycles. The summed E-state index contributed by atoms with van der Waals surface area (Å²) in [7, 11) is 1.87. The number of nitrogens with zero attached hydrogens (tertiary/aromatic N) is 5. The SMILES string of the molecule is Cn1nccc1-c1nnc(N2CCC(NC(=O)Nc3ccc(F)cc3F)CC2)c2ccccc12. The van der Waals surface area contributed by atoms with Crippen LogP contribution in [0.25, 0.3) is 22.2 Å². The third-order valence-corrected chi connectivity index (χ3v) is 6.04. The summed E-state index contributed by atoms with van der Waals surface area (Å²) < 4.78 is 28.6. The second kappa shape index (κ2) is 9.05. The second-order valence-corrected chi connectivity index (χ2v) is 8.24. The average molecular weight is 463 g/mol. The van der Waals surface area contributed by atoms with Gasteiger partial charge in [-0.1, -0.05) is 24.3 Å². The van der Waals surface area contributed by atoms with E-state index in [1.165, 1.54) is 6.07 Å². The van der Waals surface area contributed by atoms with Gasteiger partial charge in [-0.25, -0.2) is 13.6 Å². The molecule has 0 saturated carbocycles. The van der Waals surface area contributed by atoms with Crippen molar-refractivity contribution in [3.8, 4) is 11.4 Å². The van der Waals surface area contributed by atoms with Crippen LogP contribution in [0.3, 0.4) is 0 Å². The van der Waals surface area contributed by atoms with Crippen LogP contribution in [-0.4, -0.2) is 45.1 Å². The minimum Gasteiger partial charge on any atom is -0.354 e. The Morgan fingerprint density at radius 2 is 1.79 bits per heavy atom. The van der Waals surface area contributed by atoms with E-state index in [0.717, 1.165) is 40.1 Å². The van der Waals surface area contributed by atoms with Gasteiger partial charge < -0.3 is 15.5 Å². The summed E-state index contributed by atoms with van der Waals surface area (Å²) >= 11 is 0. The van der Waals surface area contributed by atoms with Crippen molar-refractivity contribution in [3.05, 3.63) is 66.4 Å². The van der Waals surface area contributed by atoms with Crippen LogP contribution in [0.4, 0.5) is 25.1 Å². The molecule has 0 unspecified atom stereocenters. The van der Waals surface area contributed by atoms with Gasteiger partial charge in [0.25, 0.3) is 0 Å². The normalized spacial score (nSPS) is 14.4. The van der Waals surface area contributed by atoms with Gasteiger partial charge in [0.2, 0.25) is 0 Å². The Hall–Kier alpha value is -4.08. The summed E-state index contributed by atoms with van der Waals surface area (Å²) in [6.45, 7) is 1.36. The number of aromatic nitrogens is 4. The van der Waals surface area contributed by atoms with Crippen LogP contribution in [-0.2, 0) is 7.05 Å². The minimum absolute atomic E-state index is 0.0633. The summed E-state index contributed by atoms with van der Waals surface area (Å²) in [6, 6.07) is 12.4. The van der Waals surface area contributed by atoms with Gasteiger partial charge in [0.05, 0.1) is 11.4 Å². The zero-order chi connectivity index (χ0) is 23.7. The number of carbonyl (C=O) groups excluding carboxylic acids is 1. The highest BCUT2D eigenvalue weighted by Gasteiger charge is 2.24. The lowest BCUT2D eigenvalue weighted by Gasteiger charge is -2.33. The highest BCUT2D eigenvalue weighted by atomic mass is 19.1. The molecule has 174 valence electrons. The Kier molecular flexibility index (Phi) is 5.79. The molecule has 1 aliphatic heterocycles. The second-order valence-electron chi connectivity index (χ2n) is 8.24. The van der Waals surface area contributed by atoms with Crippen molar-refractivity contribution in [2.45, 2.75) is 18.9 Å². The standard InChI is InChI=1S/C24H23F2N7O/c1-32-21(8-11-27-32)22-17-4-2-3-5-18(17)23(31-30-22)33-12-9-16(10-13-33)28-24(34)29-20-7-6-15(25)14-19(20)26/h2-8,11,14,16H,9-10,12-13H2,1H3,(H2,28,29,34). The van der Waals surface area contributed by atoms with Crippen LogP contribution in [0.2, 0.25) is 0 Å². The van der Waals surface area contributed by atoms with Crippen molar-refractivity contribution in [1.82, 2.24) is 25.3 Å². The molecule has 4 aromatic rings. The maximum atomic E-state index is 13.8. The van der Waals surface area contributed by atoms with Gasteiger partial charge in [-0.3, -0.25) is 4.68 Å². The Morgan fingerprint density at radius 3 is 2.50 bits per heavy atom. The predicted molar refractivity (Wildman–Crippen MR) is 125 cm³/mol. The fourth-order valence-corrected chi connectivity index (χ4v) is 4.29. The number of nitrogens with one attached hydrogen (secondary N) is 2. The predicted octanol–water partition coefficient (Wildman–Crippen LogP) is 4.10. The van der Waals surface area contributed by atoms with E-state index in [4.69, 9.17) is 0 Å². The highest BCUT2D eigenvalue weighted by Crippen LogP contribution is 2.32. The molecule has 0 spiro atoms. The monoisotopic (exact) mass is 463 g/mol. The number of aryl methyl sites for hydroxylation is 1. The molecular formula is C24H23F2N7O. The van der Waals surface area contributed by atoms with E-state index in [-0.39, 0.29) is 11.7 Å². The van der Waals surface area contributed by atoms with Crippen molar-refractivity contribution in [1.29, 1.82) is 0 Å². The Labute approximate surface area is 194 Å². The Balaban J connectivity index is 1.27. The van der Waals surface area contributed by atoms with E-state index < -0.39 is 17.7 Å². The number of benzene rings is 2. The molecule has 0 atom stereocenters. The number of rotatable bonds is 4. The van der Waals surface area contributed by atoms with Gasteiger partial charge >= 0.3 is 6.03 Å². The number of amides is 2. The van der Waals surface area contributed by atoms with E-state index in [9.17, 15) is 13.6 Å². The molecule has 34 heavy (non-hydrogen) atoms. The molecule has 2 amide bonds. The molecule has 2 N–H and O–H groups in total. The maximum absolute atomic E-state index is 13.8. The third kappa shape index (κ3) is 4.26. The lowest BCUT2D eigenvalue weighted by atomic mass is 10.0. The van der Waals surface area contributed by atoms with Gasteiger partial charge in [0.1, 0.15) is 17.3 Å². The quantitative estimate of drug-likeness (QED) is 0.476. The number of fused-ring (bicyclic) bond motifs is 1. The molecule has 2 aromatic carbocycles. The van der Waals surface area contributed by atoms with E-state index in [2.05, 4.69) is 30.8 Å². The Morgan fingerprint density at radius 1 is 1.03 bits per heavy atom. The smallest absolute Gasteiger partial charge is 0.319 e. The molecule has 10 heteroatoms. The Bertz CT molecular complexity index is 1350. The number of halogens is 2. The zero-order valence-electron chi connectivity index (χ0n) is 18.5. The number of hydrogen-bond donors (Lipinski definition) is 2. The first kappa shape index (κ1) is 21.7. The number of carbonyl (C=O) groups is 1. The van der Waals surface area contributed by atoms with E-state index >= 15 is 0 Å². The fourth-order valence-electron chi connectivity index (χ4n) is 4.29. The molecule has 2 aromatic heterocycles. The summed E-state index contributed by atoms with van der Waals surface area (Å²) in [5.74, 6) is -0.706. The third-order valence-electron chi connectivity index (χ3n) is 6.04. The molecule has 1 fully saturated rings. The molecule has 8 nitrogen and oxygen atoms in total. The van der Waals surface area contributed by atoms with Gasteiger partial charge in [-0.15, -0.1) is 10.2 Å². The molecular weight excluding hydrogens is 440 g/mol. The van der Waals surface area contributed by atoms with E-state index in [0.29, 0.717) is 25.9 Å². The number of hydrogen-bond acceptors (Lipinski definition) is 5. The molecule has 1 aliphatic rings. The van der Waals surface area contributed by atoms with Gasteiger partial charge in [0, 0.05) is 49.2 Å². The number of urea groups is 1. The molecule has 5 rings (SSSR count). The average Bonchev–Trinajstić information content (AvgIpc) is 3.26. The van der Waals surface area contributed by atoms with Gasteiger partial charge in [-0.05, 0) is 31.0 Å². The number of piperidine rings is 1. The molecule has 0 bridgehead atoms. The van der Waals surface area contributed by atoms with Crippen molar-refractivity contribution in [2.75, 3.05) is 23.3 Å². The lowest BCUT2D eigenvalue weighted by Crippen LogP contribution is -2.46. The van der Waals surface area contributed by atoms with E-state index in [1.54, 1.807) is 10.9 Å². The van der Waals surface area contributed by atoms with Crippen molar-refractivity contribution >= 4 is 28.3 Å². The molecule has 3 heterocycles. The summed E-state index contributed by atoms with van der Waals surface area (Å²) in [6.07, 6.45) is 3.12. The maximum Gasteiger partial charge on any atom is 0.319 e. The van der Waals surface area contributed by atoms with Crippen molar-refractivity contribution < 1.29 is 13.6 Å². The summed E-state index contributed by atoms with van der Waals surface area (Å²) in [4.78, 5) is 14.5. The lowest BCUT2D eigenvalue weighted by molar-refractivity contribution is 0.246. The van der Waals surface area contributed by atoms with Crippen LogP contribution in [0.5, 0.6) is 0 Å². The molecule has 1 saturated heterocycles. The highest BCUT2D eigenvalue weighted by molar-refractivity contribution is 5.99. The van der Waals surface area contributed by atoms with Crippen LogP contribution in [0.1, 0.15) is 12.8 Å². The first-order valence-electron chi connectivity index (χ1n) is 11.0. The first-order chi connectivity index (χ1) is 16.5. The van der Waals surface area contributed by atoms with Crippen molar-refractivity contribution in [3.63, 3.8) is 0 Å².